The molecule has 4 nitrogen and oxygen atoms in total. The number of carbonyl (C=O) groups is 2. The Morgan fingerprint density at radius 2 is 1.89 bits per heavy atom. The lowest BCUT2D eigenvalue weighted by Gasteiger charge is -2.23. The molecule has 0 bridgehead atoms. The van der Waals surface area contributed by atoms with Crippen molar-refractivity contribution >= 4 is 29.2 Å². The number of nitrogens with zero attached hydrogens (tertiary/aromatic N) is 1. The number of amides is 1. The monoisotopic (exact) mass is 269 g/mol. The van der Waals surface area contributed by atoms with Crippen molar-refractivity contribution in [2.24, 2.45) is 5.92 Å². The van der Waals surface area contributed by atoms with Crippen molar-refractivity contribution in [3.05, 3.63) is 29.3 Å². The molecule has 1 aromatic rings. The lowest BCUT2D eigenvalue weighted by atomic mass is 10.1. The van der Waals surface area contributed by atoms with E-state index in [1.54, 1.807) is 31.2 Å². The van der Waals surface area contributed by atoms with E-state index in [9.17, 15) is 9.59 Å². The number of carboxylic acid groups (broad SMARTS) is 1. The quantitative estimate of drug-likeness (QED) is 0.894. The minimum atomic E-state index is -1.04. The fourth-order valence-corrected chi connectivity index (χ4v) is 1.62. The van der Waals surface area contributed by atoms with Crippen LogP contribution < -0.4 is 4.90 Å². The lowest BCUT2D eigenvalue weighted by molar-refractivity contribution is -0.137. The third-order valence-corrected chi connectivity index (χ3v) is 2.98. The van der Waals surface area contributed by atoms with Crippen molar-refractivity contribution in [1.29, 1.82) is 0 Å². The molecule has 0 spiro atoms. The largest absolute Gasteiger partial charge is 0.480 e. The molecule has 1 aromatic carbocycles. The van der Waals surface area contributed by atoms with Gasteiger partial charge in [0.05, 0.1) is 0 Å². The number of carboxylic acids is 1. The molecule has 1 N–H and O–H groups in total. The lowest BCUT2D eigenvalue weighted by Crippen LogP contribution is -2.38. The molecule has 0 aromatic heterocycles. The highest BCUT2D eigenvalue weighted by Gasteiger charge is 2.22. The number of halogens is 1. The SMILES string of the molecule is CCC(C)C(=O)N(CC(=O)O)c1ccc(Cl)cc1. The van der Waals surface area contributed by atoms with Crippen LogP contribution in [0.2, 0.25) is 5.02 Å². The van der Waals surface area contributed by atoms with E-state index in [0.717, 1.165) is 0 Å². The molecule has 0 heterocycles. The maximum absolute atomic E-state index is 12.1. The van der Waals surface area contributed by atoms with Gasteiger partial charge in [-0.1, -0.05) is 25.4 Å². The van der Waals surface area contributed by atoms with Crippen molar-refractivity contribution < 1.29 is 14.7 Å². The van der Waals surface area contributed by atoms with Gasteiger partial charge >= 0.3 is 5.97 Å². The first kappa shape index (κ1) is 14.5. The Hall–Kier alpha value is -1.55. The first-order valence-corrected chi connectivity index (χ1v) is 6.12. The standard InChI is InChI=1S/C13H16ClNO3/c1-3-9(2)13(18)15(8-12(16)17)11-6-4-10(14)5-7-11/h4-7,9H,3,8H2,1-2H3,(H,16,17). The van der Waals surface area contributed by atoms with Gasteiger partial charge in [0.25, 0.3) is 0 Å². The van der Waals surface area contributed by atoms with Gasteiger partial charge in [-0.05, 0) is 30.7 Å². The fourth-order valence-electron chi connectivity index (χ4n) is 1.49. The molecule has 0 fully saturated rings. The second kappa shape index (κ2) is 6.40. The molecule has 1 atom stereocenters. The van der Waals surface area contributed by atoms with Crippen molar-refractivity contribution in [3.63, 3.8) is 0 Å². The topological polar surface area (TPSA) is 57.6 Å². The molecule has 0 saturated carbocycles. The summed E-state index contributed by atoms with van der Waals surface area (Å²) >= 11 is 5.77. The number of hydrogen-bond acceptors (Lipinski definition) is 2. The second-order valence-electron chi connectivity index (χ2n) is 4.10. The zero-order valence-electron chi connectivity index (χ0n) is 10.4. The molecule has 1 unspecified atom stereocenters. The van der Waals surface area contributed by atoms with Gasteiger partial charge in [0.15, 0.2) is 0 Å². The van der Waals surface area contributed by atoms with E-state index in [4.69, 9.17) is 16.7 Å². The van der Waals surface area contributed by atoms with Crippen molar-refractivity contribution in [2.75, 3.05) is 11.4 Å². The molecule has 0 aliphatic rings. The van der Waals surface area contributed by atoms with Crippen LogP contribution in [0.25, 0.3) is 0 Å². The van der Waals surface area contributed by atoms with Crippen LogP contribution in [0, 0.1) is 5.92 Å². The van der Waals surface area contributed by atoms with Gasteiger partial charge in [0.2, 0.25) is 5.91 Å². The zero-order valence-corrected chi connectivity index (χ0v) is 11.1. The Bertz CT molecular complexity index is 430. The number of benzene rings is 1. The molecule has 18 heavy (non-hydrogen) atoms. The molecule has 0 aliphatic carbocycles. The highest BCUT2D eigenvalue weighted by atomic mass is 35.5. The molecule has 1 rings (SSSR count). The molecule has 0 aliphatic heterocycles. The molecule has 5 heteroatoms. The fraction of sp³-hybridized carbons (Fsp3) is 0.385. The number of hydrogen-bond donors (Lipinski definition) is 1. The normalized spacial score (nSPS) is 11.9. The van der Waals surface area contributed by atoms with E-state index >= 15 is 0 Å². The number of aliphatic carboxylic acids is 1. The van der Waals surface area contributed by atoms with Crippen LogP contribution in [0.15, 0.2) is 24.3 Å². The molecule has 0 radical (unpaired) electrons. The van der Waals surface area contributed by atoms with Gasteiger partial charge in [0, 0.05) is 16.6 Å². The molecule has 98 valence electrons. The summed E-state index contributed by atoms with van der Waals surface area (Å²) < 4.78 is 0. The summed E-state index contributed by atoms with van der Waals surface area (Å²) in [7, 11) is 0. The van der Waals surface area contributed by atoms with Crippen LogP contribution in [-0.2, 0) is 9.59 Å². The van der Waals surface area contributed by atoms with Gasteiger partial charge in [-0.3, -0.25) is 9.59 Å². The predicted molar refractivity (Wildman–Crippen MR) is 70.9 cm³/mol. The highest BCUT2D eigenvalue weighted by Crippen LogP contribution is 2.20. The first-order valence-electron chi connectivity index (χ1n) is 5.74. The van der Waals surface area contributed by atoms with Gasteiger partial charge < -0.3 is 10.0 Å². The van der Waals surface area contributed by atoms with E-state index in [0.29, 0.717) is 17.1 Å². The Labute approximate surface area is 111 Å². The number of anilines is 1. The smallest absolute Gasteiger partial charge is 0.323 e. The van der Waals surface area contributed by atoms with Gasteiger partial charge in [-0.2, -0.15) is 0 Å². The molecule has 0 saturated heterocycles. The van der Waals surface area contributed by atoms with Crippen LogP contribution >= 0.6 is 11.6 Å². The zero-order chi connectivity index (χ0) is 13.7. The Morgan fingerprint density at radius 3 is 2.33 bits per heavy atom. The summed E-state index contributed by atoms with van der Waals surface area (Å²) in [6.45, 7) is 3.33. The van der Waals surface area contributed by atoms with E-state index in [-0.39, 0.29) is 18.4 Å². The highest BCUT2D eigenvalue weighted by molar-refractivity contribution is 6.30. The third-order valence-electron chi connectivity index (χ3n) is 2.73. The summed E-state index contributed by atoms with van der Waals surface area (Å²) in [5.41, 5.74) is 0.548. The summed E-state index contributed by atoms with van der Waals surface area (Å²) in [6.07, 6.45) is 0.669. The third kappa shape index (κ3) is 3.74. The minimum Gasteiger partial charge on any atom is -0.480 e. The first-order chi connectivity index (χ1) is 8.45. The average Bonchev–Trinajstić information content (AvgIpc) is 2.35. The van der Waals surface area contributed by atoms with E-state index in [2.05, 4.69) is 0 Å². The summed E-state index contributed by atoms with van der Waals surface area (Å²) in [5.74, 6) is -1.44. The summed E-state index contributed by atoms with van der Waals surface area (Å²) in [6, 6.07) is 6.56. The molecule has 1 amide bonds. The Morgan fingerprint density at radius 1 is 1.33 bits per heavy atom. The molecular formula is C13H16ClNO3. The second-order valence-corrected chi connectivity index (χ2v) is 4.54. The number of carbonyl (C=O) groups excluding carboxylic acids is 1. The van der Waals surface area contributed by atoms with Gasteiger partial charge in [0.1, 0.15) is 6.54 Å². The number of rotatable bonds is 5. The Kier molecular flexibility index (Phi) is 5.16. The summed E-state index contributed by atoms with van der Waals surface area (Å²) in [4.78, 5) is 24.2. The van der Waals surface area contributed by atoms with Crippen LogP contribution in [0.1, 0.15) is 20.3 Å². The van der Waals surface area contributed by atoms with Crippen LogP contribution in [0.3, 0.4) is 0 Å². The van der Waals surface area contributed by atoms with Crippen LogP contribution in [0.4, 0.5) is 5.69 Å². The van der Waals surface area contributed by atoms with Gasteiger partial charge in [-0.25, -0.2) is 0 Å². The molecular weight excluding hydrogens is 254 g/mol. The Balaban J connectivity index is 3.01. The maximum Gasteiger partial charge on any atom is 0.323 e. The van der Waals surface area contributed by atoms with Crippen LogP contribution in [-0.4, -0.2) is 23.5 Å². The van der Waals surface area contributed by atoms with E-state index in [1.807, 2.05) is 6.92 Å². The van der Waals surface area contributed by atoms with E-state index < -0.39 is 5.97 Å². The minimum absolute atomic E-state index is 0.192. The van der Waals surface area contributed by atoms with Gasteiger partial charge in [-0.15, -0.1) is 0 Å². The van der Waals surface area contributed by atoms with E-state index in [1.165, 1.54) is 4.90 Å². The van der Waals surface area contributed by atoms with Crippen molar-refractivity contribution in [2.45, 2.75) is 20.3 Å². The van der Waals surface area contributed by atoms with Crippen molar-refractivity contribution in [1.82, 2.24) is 0 Å². The average molecular weight is 270 g/mol. The van der Waals surface area contributed by atoms with Crippen LogP contribution in [0.5, 0.6) is 0 Å². The van der Waals surface area contributed by atoms with Crippen molar-refractivity contribution in [3.8, 4) is 0 Å². The predicted octanol–water partition coefficient (Wildman–Crippen LogP) is 2.80. The maximum atomic E-state index is 12.1. The summed E-state index contributed by atoms with van der Waals surface area (Å²) in [5, 5.41) is 9.43.